The highest BCUT2D eigenvalue weighted by Crippen LogP contribution is 2.22. The molecule has 0 saturated carbocycles. The van der Waals surface area contributed by atoms with Gasteiger partial charge in [-0.1, -0.05) is 42.1 Å². The number of aryl methyl sites for hydroxylation is 2. The minimum atomic E-state index is -0.125. The average Bonchev–Trinajstić information content (AvgIpc) is 2.73. The summed E-state index contributed by atoms with van der Waals surface area (Å²) in [6.45, 7) is 8.97. The molecule has 0 radical (unpaired) electrons. The van der Waals surface area contributed by atoms with Crippen LogP contribution in [0.25, 0.3) is 10.9 Å². The molecule has 0 atom stereocenters. The summed E-state index contributed by atoms with van der Waals surface area (Å²) >= 11 is 1.28. The van der Waals surface area contributed by atoms with E-state index >= 15 is 0 Å². The van der Waals surface area contributed by atoms with Crippen LogP contribution in [0.5, 0.6) is 0 Å². The van der Waals surface area contributed by atoms with E-state index in [1.807, 2.05) is 64.1 Å². The number of nitrogens with one attached hydrogen (secondary N) is 1. The van der Waals surface area contributed by atoms with Gasteiger partial charge in [0.15, 0.2) is 5.16 Å². The summed E-state index contributed by atoms with van der Waals surface area (Å²) in [6.07, 6.45) is 0.842. The van der Waals surface area contributed by atoms with Gasteiger partial charge in [-0.05, 0) is 57.4 Å². The fourth-order valence-corrected chi connectivity index (χ4v) is 4.14. The molecule has 0 fully saturated rings. The van der Waals surface area contributed by atoms with Crippen LogP contribution in [0.3, 0.4) is 0 Å². The molecule has 3 rings (SSSR count). The summed E-state index contributed by atoms with van der Waals surface area (Å²) in [5.74, 6) is 0.0422. The topological polar surface area (TPSA) is 73.2 Å². The van der Waals surface area contributed by atoms with Crippen molar-refractivity contribution in [3.63, 3.8) is 0 Å². The summed E-state index contributed by atoms with van der Waals surface area (Å²) in [7, 11) is 0. The van der Waals surface area contributed by atoms with Crippen LogP contribution in [0.15, 0.2) is 52.4 Å². The van der Waals surface area contributed by atoms with Crippen molar-refractivity contribution >= 4 is 34.3 Å². The Morgan fingerprint density at radius 3 is 2.55 bits per heavy atom. The Hall–Kier alpha value is -2.64. The van der Waals surface area contributed by atoms with Crippen molar-refractivity contribution in [2.24, 2.45) is 0 Å². The second kappa shape index (κ2) is 10.6. The number of carbonyl (C=O) groups excluding carboxylic acids is 1. The van der Waals surface area contributed by atoms with Crippen molar-refractivity contribution in [3.8, 4) is 0 Å². The van der Waals surface area contributed by atoms with Gasteiger partial charge in [-0.25, -0.2) is 4.98 Å². The molecule has 1 amide bonds. The third kappa shape index (κ3) is 5.95. The molecule has 164 valence electrons. The van der Waals surface area contributed by atoms with Crippen LogP contribution >= 0.6 is 11.8 Å². The molecule has 0 bridgehead atoms. The first-order valence-electron chi connectivity index (χ1n) is 10.5. The van der Waals surface area contributed by atoms with Crippen LogP contribution in [0.2, 0.25) is 0 Å². The highest BCUT2D eigenvalue weighted by molar-refractivity contribution is 7.99. The van der Waals surface area contributed by atoms with Gasteiger partial charge in [0, 0.05) is 18.8 Å². The predicted molar refractivity (Wildman–Crippen MR) is 127 cm³/mol. The standard InChI is InChI=1S/C24H29N3O3S/c1-16(2)30-14-8-13-27-23(29)19-11-5-6-12-20(19)25-24(27)31-15-21(28)26-22-17(3)9-7-10-18(22)4/h5-7,9-12,16H,8,13-15H2,1-4H3,(H,26,28). The zero-order valence-corrected chi connectivity index (χ0v) is 19.3. The molecule has 0 unspecified atom stereocenters. The molecule has 0 saturated heterocycles. The molecule has 31 heavy (non-hydrogen) atoms. The van der Waals surface area contributed by atoms with Gasteiger partial charge in [0.2, 0.25) is 5.91 Å². The highest BCUT2D eigenvalue weighted by Gasteiger charge is 2.14. The van der Waals surface area contributed by atoms with E-state index in [0.29, 0.717) is 35.6 Å². The monoisotopic (exact) mass is 439 g/mol. The normalized spacial score (nSPS) is 11.3. The Kier molecular flexibility index (Phi) is 7.87. The lowest BCUT2D eigenvalue weighted by Crippen LogP contribution is -2.25. The lowest BCUT2D eigenvalue weighted by Gasteiger charge is -2.14. The average molecular weight is 440 g/mol. The SMILES string of the molecule is Cc1cccc(C)c1NC(=O)CSc1nc2ccccc2c(=O)n1CCCOC(C)C. The van der Waals surface area contributed by atoms with Crippen molar-refractivity contribution in [3.05, 3.63) is 63.9 Å². The van der Waals surface area contributed by atoms with E-state index < -0.39 is 0 Å². The number of anilines is 1. The van der Waals surface area contributed by atoms with Gasteiger partial charge in [-0.3, -0.25) is 14.2 Å². The second-order valence-electron chi connectivity index (χ2n) is 7.75. The number of ether oxygens (including phenoxy) is 1. The third-order valence-electron chi connectivity index (χ3n) is 4.88. The van der Waals surface area contributed by atoms with E-state index in [9.17, 15) is 9.59 Å². The highest BCUT2D eigenvalue weighted by atomic mass is 32.2. The maximum Gasteiger partial charge on any atom is 0.262 e. The first kappa shape index (κ1) is 23.0. The summed E-state index contributed by atoms with van der Waals surface area (Å²) in [4.78, 5) is 30.4. The number of hydrogen-bond acceptors (Lipinski definition) is 5. The fourth-order valence-electron chi connectivity index (χ4n) is 3.31. The fraction of sp³-hybridized carbons (Fsp3) is 0.375. The van der Waals surface area contributed by atoms with Gasteiger partial charge in [0.1, 0.15) is 0 Å². The number of amides is 1. The molecule has 0 aliphatic rings. The number of benzene rings is 2. The van der Waals surface area contributed by atoms with E-state index in [0.717, 1.165) is 16.8 Å². The van der Waals surface area contributed by atoms with Crippen LogP contribution in [0.1, 0.15) is 31.4 Å². The van der Waals surface area contributed by atoms with Crippen molar-refractivity contribution in [1.82, 2.24) is 9.55 Å². The summed E-state index contributed by atoms with van der Waals surface area (Å²) < 4.78 is 7.27. The van der Waals surface area contributed by atoms with E-state index in [1.54, 1.807) is 10.6 Å². The van der Waals surface area contributed by atoms with Crippen molar-refractivity contribution in [1.29, 1.82) is 0 Å². The summed E-state index contributed by atoms with van der Waals surface area (Å²) in [5.41, 5.74) is 3.42. The first-order chi connectivity index (χ1) is 14.9. The van der Waals surface area contributed by atoms with Crippen molar-refractivity contribution in [2.75, 3.05) is 17.7 Å². The lowest BCUT2D eigenvalue weighted by molar-refractivity contribution is -0.113. The maximum atomic E-state index is 13.1. The predicted octanol–water partition coefficient (Wildman–Crippen LogP) is 4.56. The van der Waals surface area contributed by atoms with Crippen LogP contribution in [-0.4, -0.2) is 33.9 Å². The van der Waals surface area contributed by atoms with E-state index in [4.69, 9.17) is 4.74 Å². The zero-order valence-electron chi connectivity index (χ0n) is 18.5. The van der Waals surface area contributed by atoms with E-state index in [-0.39, 0.29) is 23.3 Å². The largest absolute Gasteiger partial charge is 0.379 e. The van der Waals surface area contributed by atoms with Crippen LogP contribution in [0.4, 0.5) is 5.69 Å². The molecule has 0 spiro atoms. The third-order valence-corrected chi connectivity index (χ3v) is 5.86. The number of hydrogen-bond donors (Lipinski definition) is 1. The molecule has 3 aromatic rings. The quantitative estimate of drug-likeness (QED) is 0.301. The Balaban J connectivity index is 1.78. The van der Waals surface area contributed by atoms with E-state index in [2.05, 4.69) is 10.3 Å². The molecule has 0 aliphatic carbocycles. The maximum absolute atomic E-state index is 13.1. The van der Waals surface area contributed by atoms with Crippen LogP contribution in [-0.2, 0) is 16.1 Å². The molecule has 0 aliphatic heterocycles. The molecular weight excluding hydrogens is 410 g/mol. The van der Waals surface area contributed by atoms with Crippen LogP contribution in [0, 0.1) is 13.8 Å². The molecule has 6 nitrogen and oxygen atoms in total. The van der Waals surface area contributed by atoms with Gasteiger partial charge >= 0.3 is 0 Å². The number of para-hydroxylation sites is 2. The smallest absolute Gasteiger partial charge is 0.262 e. The summed E-state index contributed by atoms with van der Waals surface area (Å²) in [6, 6.07) is 13.2. The Morgan fingerprint density at radius 2 is 1.84 bits per heavy atom. The Morgan fingerprint density at radius 1 is 1.13 bits per heavy atom. The number of thioether (sulfide) groups is 1. The molecule has 2 aromatic carbocycles. The molecule has 1 aromatic heterocycles. The number of rotatable bonds is 9. The summed E-state index contributed by atoms with van der Waals surface area (Å²) in [5, 5.41) is 4.12. The Labute approximate surface area is 187 Å². The minimum Gasteiger partial charge on any atom is -0.379 e. The Bertz CT molecular complexity index is 1100. The zero-order chi connectivity index (χ0) is 22.4. The van der Waals surface area contributed by atoms with Gasteiger partial charge in [-0.15, -0.1) is 0 Å². The molecule has 7 heteroatoms. The van der Waals surface area contributed by atoms with Gasteiger partial charge in [-0.2, -0.15) is 0 Å². The number of aromatic nitrogens is 2. The van der Waals surface area contributed by atoms with Gasteiger partial charge in [0.05, 0.1) is 22.8 Å². The van der Waals surface area contributed by atoms with Crippen LogP contribution < -0.4 is 10.9 Å². The second-order valence-corrected chi connectivity index (χ2v) is 8.69. The lowest BCUT2D eigenvalue weighted by atomic mass is 10.1. The first-order valence-corrected chi connectivity index (χ1v) is 11.5. The number of nitrogens with zero attached hydrogens (tertiary/aromatic N) is 2. The number of carbonyl (C=O) groups is 1. The van der Waals surface area contributed by atoms with E-state index in [1.165, 1.54) is 11.8 Å². The van der Waals surface area contributed by atoms with Crippen molar-refractivity contribution < 1.29 is 9.53 Å². The van der Waals surface area contributed by atoms with Gasteiger partial charge in [0.25, 0.3) is 5.56 Å². The van der Waals surface area contributed by atoms with Gasteiger partial charge < -0.3 is 10.1 Å². The molecular formula is C24H29N3O3S. The molecule has 1 heterocycles. The minimum absolute atomic E-state index is 0.0900. The number of fused-ring (bicyclic) bond motifs is 1. The van der Waals surface area contributed by atoms with Crippen molar-refractivity contribution in [2.45, 2.75) is 51.9 Å². The molecule has 1 N–H and O–H groups in total.